The van der Waals surface area contributed by atoms with Crippen molar-refractivity contribution in [1.82, 2.24) is 4.90 Å². The standard InChI is InChI=1S/C13H18N2O4S/c14-11-1-3-12(4-2-11)19-8-5-13(16)15-6-9-20(17,18)10-7-15/h1-4H,5-10,14H2. The average molecular weight is 298 g/mol. The quantitative estimate of drug-likeness (QED) is 0.807. The predicted molar refractivity (Wildman–Crippen MR) is 76.2 cm³/mol. The smallest absolute Gasteiger partial charge is 0.226 e. The van der Waals surface area contributed by atoms with Crippen molar-refractivity contribution in [3.8, 4) is 5.75 Å². The van der Waals surface area contributed by atoms with Gasteiger partial charge in [0.15, 0.2) is 9.84 Å². The Kier molecular flexibility index (Phi) is 4.49. The lowest BCUT2D eigenvalue weighted by Gasteiger charge is -2.26. The van der Waals surface area contributed by atoms with Crippen molar-refractivity contribution >= 4 is 21.4 Å². The van der Waals surface area contributed by atoms with Gasteiger partial charge < -0.3 is 15.4 Å². The monoisotopic (exact) mass is 298 g/mol. The maximum absolute atomic E-state index is 11.9. The number of amides is 1. The van der Waals surface area contributed by atoms with Crippen LogP contribution in [0.5, 0.6) is 5.75 Å². The van der Waals surface area contributed by atoms with Crippen LogP contribution in [-0.4, -0.2) is 50.4 Å². The van der Waals surface area contributed by atoms with Gasteiger partial charge in [-0.1, -0.05) is 0 Å². The Morgan fingerprint density at radius 2 is 1.80 bits per heavy atom. The minimum absolute atomic E-state index is 0.0531. The van der Waals surface area contributed by atoms with Gasteiger partial charge in [0.1, 0.15) is 5.75 Å². The molecule has 6 nitrogen and oxygen atoms in total. The largest absolute Gasteiger partial charge is 0.493 e. The molecule has 0 aliphatic carbocycles. The van der Waals surface area contributed by atoms with Gasteiger partial charge in [-0.05, 0) is 24.3 Å². The Bertz CT molecular complexity index is 555. The molecule has 1 fully saturated rings. The SMILES string of the molecule is Nc1ccc(OCCC(=O)N2CCS(=O)(=O)CC2)cc1. The van der Waals surface area contributed by atoms with Crippen molar-refractivity contribution in [2.75, 3.05) is 36.9 Å². The summed E-state index contributed by atoms with van der Waals surface area (Å²) in [6.07, 6.45) is 0.241. The van der Waals surface area contributed by atoms with Crippen LogP contribution in [-0.2, 0) is 14.6 Å². The molecule has 0 radical (unpaired) electrons. The fourth-order valence-electron chi connectivity index (χ4n) is 1.94. The van der Waals surface area contributed by atoms with Gasteiger partial charge in [0.05, 0.1) is 24.5 Å². The van der Waals surface area contributed by atoms with Crippen LogP contribution in [0.4, 0.5) is 5.69 Å². The van der Waals surface area contributed by atoms with Gasteiger partial charge in [-0.25, -0.2) is 8.42 Å². The Morgan fingerprint density at radius 3 is 2.40 bits per heavy atom. The van der Waals surface area contributed by atoms with E-state index in [1.165, 1.54) is 0 Å². The van der Waals surface area contributed by atoms with Gasteiger partial charge in [0, 0.05) is 18.8 Å². The lowest BCUT2D eigenvalue weighted by Crippen LogP contribution is -2.44. The zero-order chi connectivity index (χ0) is 14.6. The highest BCUT2D eigenvalue weighted by Gasteiger charge is 2.24. The molecule has 1 amide bonds. The third-order valence-corrected chi connectivity index (χ3v) is 4.77. The molecule has 0 unspecified atom stereocenters. The summed E-state index contributed by atoms with van der Waals surface area (Å²) in [6, 6.07) is 6.94. The highest BCUT2D eigenvalue weighted by atomic mass is 32.2. The number of carbonyl (C=O) groups is 1. The van der Waals surface area contributed by atoms with Gasteiger partial charge in [-0.15, -0.1) is 0 Å². The fourth-order valence-corrected chi connectivity index (χ4v) is 3.14. The van der Waals surface area contributed by atoms with Crippen molar-refractivity contribution in [2.24, 2.45) is 0 Å². The van der Waals surface area contributed by atoms with Gasteiger partial charge in [-0.2, -0.15) is 0 Å². The molecule has 2 rings (SSSR count). The van der Waals surface area contributed by atoms with E-state index in [0.29, 0.717) is 11.4 Å². The molecule has 0 atom stereocenters. The lowest BCUT2D eigenvalue weighted by molar-refractivity contribution is -0.131. The van der Waals surface area contributed by atoms with Gasteiger partial charge in [-0.3, -0.25) is 4.79 Å². The normalized spacial score (nSPS) is 17.7. The number of rotatable bonds is 4. The van der Waals surface area contributed by atoms with E-state index in [4.69, 9.17) is 10.5 Å². The van der Waals surface area contributed by atoms with E-state index in [9.17, 15) is 13.2 Å². The minimum atomic E-state index is -2.95. The molecule has 0 saturated carbocycles. The number of hydrogen-bond donors (Lipinski definition) is 1. The fraction of sp³-hybridized carbons (Fsp3) is 0.462. The number of hydrogen-bond acceptors (Lipinski definition) is 5. The summed E-state index contributed by atoms with van der Waals surface area (Å²) in [5, 5.41) is 0. The van der Waals surface area contributed by atoms with E-state index < -0.39 is 9.84 Å². The van der Waals surface area contributed by atoms with Crippen molar-refractivity contribution < 1.29 is 17.9 Å². The molecule has 110 valence electrons. The summed E-state index contributed by atoms with van der Waals surface area (Å²) in [7, 11) is -2.95. The molecule has 1 aromatic rings. The van der Waals surface area contributed by atoms with E-state index in [-0.39, 0.29) is 43.5 Å². The second-order valence-electron chi connectivity index (χ2n) is 4.70. The van der Waals surface area contributed by atoms with Crippen LogP contribution in [0.2, 0.25) is 0 Å². The number of nitrogen functional groups attached to an aromatic ring is 1. The van der Waals surface area contributed by atoms with Crippen molar-refractivity contribution in [3.05, 3.63) is 24.3 Å². The lowest BCUT2D eigenvalue weighted by atomic mass is 10.3. The second kappa shape index (κ2) is 6.13. The van der Waals surface area contributed by atoms with E-state index in [1.54, 1.807) is 29.2 Å². The van der Waals surface area contributed by atoms with E-state index in [0.717, 1.165) is 0 Å². The second-order valence-corrected chi connectivity index (χ2v) is 7.00. The maximum atomic E-state index is 11.9. The number of carbonyl (C=O) groups excluding carboxylic acids is 1. The Balaban J connectivity index is 1.74. The summed E-state index contributed by atoms with van der Waals surface area (Å²) in [4.78, 5) is 13.5. The average Bonchev–Trinajstić information content (AvgIpc) is 2.41. The number of ether oxygens (including phenoxy) is 1. The van der Waals surface area contributed by atoms with E-state index >= 15 is 0 Å². The number of sulfone groups is 1. The van der Waals surface area contributed by atoms with Crippen LogP contribution in [0.3, 0.4) is 0 Å². The van der Waals surface area contributed by atoms with Crippen LogP contribution in [0.25, 0.3) is 0 Å². The Morgan fingerprint density at radius 1 is 1.20 bits per heavy atom. The summed E-state index contributed by atoms with van der Waals surface area (Å²) in [6.45, 7) is 0.831. The number of nitrogens with two attached hydrogens (primary N) is 1. The van der Waals surface area contributed by atoms with Crippen molar-refractivity contribution in [1.29, 1.82) is 0 Å². The molecule has 1 aliphatic rings. The molecule has 1 heterocycles. The summed E-state index contributed by atoms with van der Waals surface area (Å²) >= 11 is 0. The first kappa shape index (κ1) is 14.6. The summed E-state index contributed by atoms with van der Waals surface area (Å²) in [5.74, 6) is 0.693. The molecule has 7 heteroatoms. The minimum Gasteiger partial charge on any atom is -0.493 e. The van der Waals surface area contributed by atoms with Gasteiger partial charge in [0.2, 0.25) is 5.91 Å². The zero-order valence-electron chi connectivity index (χ0n) is 11.1. The Hall–Kier alpha value is -1.76. The zero-order valence-corrected chi connectivity index (χ0v) is 11.9. The Labute approximate surface area is 118 Å². The van der Waals surface area contributed by atoms with Crippen molar-refractivity contribution in [2.45, 2.75) is 6.42 Å². The molecule has 20 heavy (non-hydrogen) atoms. The molecular formula is C13H18N2O4S. The predicted octanol–water partition coefficient (Wildman–Crippen LogP) is 0.295. The van der Waals surface area contributed by atoms with Gasteiger partial charge in [0.25, 0.3) is 0 Å². The topological polar surface area (TPSA) is 89.7 Å². The molecule has 2 N–H and O–H groups in total. The summed E-state index contributed by atoms with van der Waals surface area (Å²) in [5.41, 5.74) is 6.21. The maximum Gasteiger partial charge on any atom is 0.226 e. The van der Waals surface area contributed by atoms with Crippen LogP contribution >= 0.6 is 0 Å². The molecule has 0 bridgehead atoms. The third-order valence-electron chi connectivity index (χ3n) is 3.16. The number of anilines is 1. The number of benzene rings is 1. The number of nitrogens with zero attached hydrogens (tertiary/aromatic N) is 1. The van der Waals surface area contributed by atoms with Crippen molar-refractivity contribution in [3.63, 3.8) is 0 Å². The first-order chi connectivity index (χ1) is 9.46. The molecule has 0 aromatic heterocycles. The van der Waals surface area contributed by atoms with Crippen LogP contribution in [0.1, 0.15) is 6.42 Å². The van der Waals surface area contributed by atoms with Gasteiger partial charge >= 0.3 is 0 Å². The van der Waals surface area contributed by atoms with Crippen LogP contribution < -0.4 is 10.5 Å². The van der Waals surface area contributed by atoms with E-state index in [2.05, 4.69) is 0 Å². The van der Waals surface area contributed by atoms with Crippen LogP contribution in [0.15, 0.2) is 24.3 Å². The first-order valence-electron chi connectivity index (χ1n) is 6.43. The molecular weight excluding hydrogens is 280 g/mol. The molecule has 0 spiro atoms. The third kappa shape index (κ3) is 4.12. The molecule has 1 aromatic carbocycles. The highest BCUT2D eigenvalue weighted by Crippen LogP contribution is 2.13. The summed E-state index contributed by atoms with van der Waals surface area (Å²) < 4.78 is 28.0. The van der Waals surface area contributed by atoms with E-state index in [1.807, 2.05) is 0 Å². The van der Waals surface area contributed by atoms with Crippen LogP contribution in [0, 0.1) is 0 Å². The highest BCUT2D eigenvalue weighted by molar-refractivity contribution is 7.91. The molecule has 1 saturated heterocycles. The molecule has 1 aliphatic heterocycles. The first-order valence-corrected chi connectivity index (χ1v) is 8.25.